The number of hydrogen-bond acceptors (Lipinski definition) is 3. The van der Waals surface area contributed by atoms with Gasteiger partial charge in [-0.3, -0.25) is 9.52 Å². The van der Waals surface area contributed by atoms with E-state index in [-0.39, 0.29) is 11.3 Å². The molecule has 0 aromatic heterocycles. The Morgan fingerprint density at radius 1 is 1.00 bits per heavy atom. The lowest BCUT2D eigenvalue weighted by atomic mass is 10.1. The van der Waals surface area contributed by atoms with E-state index in [1.165, 1.54) is 0 Å². The van der Waals surface area contributed by atoms with E-state index in [0.29, 0.717) is 12.1 Å². The molecule has 0 saturated carbocycles. The van der Waals surface area contributed by atoms with Gasteiger partial charge in [0.1, 0.15) is 0 Å². The summed E-state index contributed by atoms with van der Waals surface area (Å²) in [5.74, 6) is -0.787. The number of para-hydroxylation sites is 1. The smallest absolute Gasteiger partial charge is 0.303 e. The van der Waals surface area contributed by atoms with Gasteiger partial charge in [0.25, 0.3) is 10.0 Å². The molecule has 0 spiro atoms. The van der Waals surface area contributed by atoms with Crippen molar-refractivity contribution >= 4 is 27.8 Å². The zero-order valence-corrected chi connectivity index (χ0v) is 14.6. The lowest BCUT2D eigenvalue weighted by Crippen LogP contribution is -2.13. The molecule has 0 heterocycles. The van der Waals surface area contributed by atoms with Gasteiger partial charge in [-0.15, -0.1) is 0 Å². The summed E-state index contributed by atoms with van der Waals surface area (Å²) in [6.07, 6.45) is 6.10. The Bertz CT molecular complexity index is 830. The summed E-state index contributed by atoms with van der Waals surface area (Å²) in [7, 11) is -3.63. The summed E-state index contributed by atoms with van der Waals surface area (Å²) in [6, 6.07) is 15.4. The number of carbonyl (C=O) groups is 1. The average molecular weight is 359 g/mol. The summed E-state index contributed by atoms with van der Waals surface area (Å²) < 4.78 is 27.5. The van der Waals surface area contributed by atoms with Crippen LogP contribution in [0, 0.1) is 0 Å². The van der Waals surface area contributed by atoms with Gasteiger partial charge in [-0.2, -0.15) is 0 Å². The van der Waals surface area contributed by atoms with E-state index < -0.39 is 16.0 Å². The third-order valence-electron chi connectivity index (χ3n) is 3.57. The number of sulfonamides is 1. The number of benzene rings is 2. The molecule has 5 nitrogen and oxygen atoms in total. The van der Waals surface area contributed by atoms with Crippen LogP contribution in [0.25, 0.3) is 6.08 Å². The highest BCUT2D eigenvalue weighted by Crippen LogP contribution is 2.21. The van der Waals surface area contributed by atoms with Crippen molar-refractivity contribution in [3.8, 4) is 0 Å². The number of aliphatic carboxylic acids is 1. The second-order valence-electron chi connectivity index (χ2n) is 5.55. The molecule has 0 aliphatic rings. The quantitative estimate of drug-likeness (QED) is 0.659. The fourth-order valence-corrected chi connectivity index (χ4v) is 3.40. The van der Waals surface area contributed by atoms with Crippen molar-refractivity contribution in [1.29, 1.82) is 0 Å². The van der Waals surface area contributed by atoms with Crippen LogP contribution in [-0.2, 0) is 14.8 Å². The van der Waals surface area contributed by atoms with Crippen molar-refractivity contribution in [2.75, 3.05) is 4.72 Å². The molecular weight excluding hydrogens is 338 g/mol. The van der Waals surface area contributed by atoms with Gasteiger partial charge in [-0.1, -0.05) is 48.6 Å². The van der Waals surface area contributed by atoms with Crippen molar-refractivity contribution in [2.45, 2.75) is 30.6 Å². The average Bonchev–Trinajstić information content (AvgIpc) is 2.59. The Kier molecular flexibility index (Phi) is 6.77. The summed E-state index contributed by atoms with van der Waals surface area (Å²) >= 11 is 0. The number of allylic oxidation sites excluding steroid dienone is 1. The molecule has 0 fully saturated rings. The number of nitrogens with one attached hydrogen (secondary N) is 1. The first-order chi connectivity index (χ1) is 12.0. The van der Waals surface area contributed by atoms with Crippen molar-refractivity contribution in [3.63, 3.8) is 0 Å². The van der Waals surface area contributed by atoms with Crippen LogP contribution < -0.4 is 4.72 Å². The fourth-order valence-electron chi connectivity index (χ4n) is 2.29. The van der Waals surface area contributed by atoms with E-state index >= 15 is 0 Å². The van der Waals surface area contributed by atoms with Crippen molar-refractivity contribution in [3.05, 3.63) is 66.2 Å². The Morgan fingerprint density at radius 3 is 2.40 bits per heavy atom. The van der Waals surface area contributed by atoms with Crippen LogP contribution in [0.1, 0.15) is 31.2 Å². The zero-order valence-electron chi connectivity index (χ0n) is 13.8. The predicted molar refractivity (Wildman–Crippen MR) is 98.8 cm³/mol. The predicted octanol–water partition coefficient (Wildman–Crippen LogP) is 4.15. The molecule has 0 atom stereocenters. The Morgan fingerprint density at radius 2 is 1.68 bits per heavy atom. The zero-order chi connectivity index (χ0) is 18.1. The number of hydrogen-bond donors (Lipinski definition) is 2. The third kappa shape index (κ3) is 6.08. The van der Waals surface area contributed by atoms with Crippen molar-refractivity contribution < 1.29 is 18.3 Å². The van der Waals surface area contributed by atoms with Gasteiger partial charge in [0.15, 0.2) is 0 Å². The molecule has 0 aliphatic carbocycles. The van der Waals surface area contributed by atoms with Gasteiger partial charge in [0.2, 0.25) is 0 Å². The molecule has 25 heavy (non-hydrogen) atoms. The van der Waals surface area contributed by atoms with Crippen molar-refractivity contribution in [1.82, 2.24) is 0 Å². The molecule has 0 amide bonds. The normalized spacial score (nSPS) is 11.5. The van der Waals surface area contributed by atoms with Crippen LogP contribution in [0.2, 0.25) is 0 Å². The number of carboxylic acids is 1. The lowest BCUT2D eigenvalue weighted by molar-refractivity contribution is -0.137. The van der Waals surface area contributed by atoms with Gasteiger partial charge in [-0.25, -0.2) is 8.42 Å². The van der Waals surface area contributed by atoms with Gasteiger partial charge < -0.3 is 5.11 Å². The first kappa shape index (κ1) is 18.7. The van der Waals surface area contributed by atoms with Gasteiger partial charge in [0.05, 0.1) is 10.6 Å². The fraction of sp³-hybridized carbons (Fsp3) is 0.211. The van der Waals surface area contributed by atoms with Crippen LogP contribution in [0.4, 0.5) is 5.69 Å². The molecule has 0 bridgehead atoms. The first-order valence-corrected chi connectivity index (χ1v) is 9.52. The topological polar surface area (TPSA) is 83.5 Å². The number of rotatable bonds is 9. The molecule has 0 aliphatic heterocycles. The Labute approximate surface area is 148 Å². The minimum Gasteiger partial charge on any atom is -0.481 e. The molecular formula is C19H21NO4S. The molecule has 2 aromatic rings. The van der Waals surface area contributed by atoms with E-state index in [1.807, 2.05) is 24.3 Å². The largest absolute Gasteiger partial charge is 0.481 e. The monoisotopic (exact) mass is 359 g/mol. The van der Waals surface area contributed by atoms with Gasteiger partial charge in [-0.05, 0) is 43.0 Å². The van der Waals surface area contributed by atoms with Crippen molar-refractivity contribution in [2.24, 2.45) is 0 Å². The van der Waals surface area contributed by atoms with Crippen LogP contribution in [0.5, 0.6) is 0 Å². The molecule has 2 N–H and O–H groups in total. The van der Waals surface area contributed by atoms with Gasteiger partial charge >= 0.3 is 5.97 Å². The molecule has 0 saturated heterocycles. The summed E-state index contributed by atoms with van der Waals surface area (Å²) in [4.78, 5) is 10.7. The van der Waals surface area contributed by atoms with E-state index in [4.69, 9.17) is 5.11 Å². The standard InChI is InChI=1S/C19H21NO4S/c21-19(22)15-7-2-1-4-10-16-11-8-9-14-18(16)20-25(23,24)17-12-5-3-6-13-17/h3-6,8-14,20H,1-2,7,15H2,(H,21,22)/b10-4+. The van der Waals surface area contributed by atoms with E-state index in [9.17, 15) is 13.2 Å². The summed E-state index contributed by atoms with van der Waals surface area (Å²) in [6.45, 7) is 0. The van der Waals surface area contributed by atoms with Crippen LogP contribution in [-0.4, -0.2) is 19.5 Å². The summed E-state index contributed by atoms with van der Waals surface area (Å²) in [5, 5.41) is 8.60. The highest BCUT2D eigenvalue weighted by molar-refractivity contribution is 7.92. The third-order valence-corrected chi connectivity index (χ3v) is 4.95. The molecule has 0 unspecified atom stereocenters. The SMILES string of the molecule is O=C(O)CCCC/C=C/c1ccccc1NS(=O)(=O)c1ccccc1. The Hall–Kier alpha value is -2.60. The maximum absolute atomic E-state index is 12.4. The minimum atomic E-state index is -3.63. The summed E-state index contributed by atoms with van der Waals surface area (Å²) in [5.41, 5.74) is 1.27. The maximum Gasteiger partial charge on any atom is 0.303 e. The maximum atomic E-state index is 12.4. The molecule has 2 aromatic carbocycles. The second-order valence-corrected chi connectivity index (χ2v) is 7.23. The second kappa shape index (κ2) is 9.03. The van der Waals surface area contributed by atoms with Crippen LogP contribution in [0.15, 0.2) is 65.6 Å². The molecule has 2 rings (SSSR count). The van der Waals surface area contributed by atoms with E-state index in [1.54, 1.807) is 42.5 Å². The highest BCUT2D eigenvalue weighted by Gasteiger charge is 2.14. The molecule has 132 valence electrons. The minimum absolute atomic E-state index is 0.168. The van der Waals surface area contributed by atoms with E-state index in [0.717, 1.165) is 18.4 Å². The van der Waals surface area contributed by atoms with Crippen LogP contribution >= 0.6 is 0 Å². The Balaban J connectivity index is 2.04. The van der Waals surface area contributed by atoms with Crippen LogP contribution in [0.3, 0.4) is 0 Å². The van der Waals surface area contributed by atoms with E-state index in [2.05, 4.69) is 4.72 Å². The van der Waals surface area contributed by atoms with Gasteiger partial charge in [0, 0.05) is 6.42 Å². The first-order valence-electron chi connectivity index (χ1n) is 8.04. The number of anilines is 1. The molecule has 0 radical (unpaired) electrons. The molecule has 6 heteroatoms. The number of unbranched alkanes of at least 4 members (excludes halogenated alkanes) is 2. The lowest BCUT2D eigenvalue weighted by Gasteiger charge is -2.10. The highest BCUT2D eigenvalue weighted by atomic mass is 32.2. The number of carboxylic acid groups (broad SMARTS) is 1.